The van der Waals surface area contributed by atoms with Crippen molar-refractivity contribution in [3.63, 3.8) is 0 Å². The molecule has 0 radical (unpaired) electrons. The highest BCUT2D eigenvalue weighted by molar-refractivity contribution is 5.75. The van der Waals surface area contributed by atoms with E-state index in [2.05, 4.69) is 37.3 Å². The van der Waals surface area contributed by atoms with Crippen LogP contribution in [0.15, 0.2) is 60.7 Å². The van der Waals surface area contributed by atoms with Crippen LogP contribution in [0, 0.1) is 5.82 Å². The van der Waals surface area contributed by atoms with E-state index < -0.39 is 0 Å². The predicted octanol–water partition coefficient (Wildman–Crippen LogP) is 4.57. The van der Waals surface area contributed by atoms with E-state index in [1.165, 1.54) is 23.3 Å². The van der Waals surface area contributed by atoms with Crippen LogP contribution in [0.1, 0.15) is 24.5 Å². The molecule has 3 rings (SSSR count). The van der Waals surface area contributed by atoms with Crippen molar-refractivity contribution in [3.05, 3.63) is 77.6 Å². The molecule has 2 aromatic carbocycles. The maximum absolute atomic E-state index is 12.9. The minimum atomic E-state index is -0.176. The molecule has 1 unspecified atom stereocenters. The monoisotopic (exact) mass is 238 g/mol. The molecule has 1 aliphatic carbocycles. The number of hydrogen-bond donors (Lipinski definition) is 0. The van der Waals surface area contributed by atoms with Crippen LogP contribution in [-0.2, 0) is 5.41 Å². The zero-order chi connectivity index (χ0) is 12.6. The van der Waals surface area contributed by atoms with Crippen molar-refractivity contribution in [3.8, 4) is 0 Å². The van der Waals surface area contributed by atoms with Crippen LogP contribution in [0.4, 0.5) is 4.39 Å². The smallest absolute Gasteiger partial charge is 0.123 e. The summed E-state index contributed by atoms with van der Waals surface area (Å²) in [5.74, 6) is -0.176. The van der Waals surface area contributed by atoms with Gasteiger partial charge in [-0.3, -0.25) is 0 Å². The maximum Gasteiger partial charge on any atom is 0.123 e. The highest BCUT2D eigenvalue weighted by Gasteiger charge is 2.33. The maximum atomic E-state index is 12.9. The summed E-state index contributed by atoms with van der Waals surface area (Å²) in [7, 11) is 0. The summed E-state index contributed by atoms with van der Waals surface area (Å²) in [4.78, 5) is 0. The summed E-state index contributed by atoms with van der Waals surface area (Å²) < 4.78 is 12.9. The average Bonchev–Trinajstić information content (AvgIpc) is 2.37. The summed E-state index contributed by atoms with van der Waals surface area (Å²) in [5, 5.41) is 0. The van der Waals surface area contributed by atoms with Gasteiger partial charge in [0.1, 0.15) is 5.82 Å². The molecular weight excluding hydrogens is 223 g/mol. The standard InChI is InChI=1S/C17H15F/c1-17(15-5-3-2-4-6-15)11-14(12-17)13-7-9-16(18)10-8-13/h2-11H,12H2,1H3. The first-order valence-corrected chi connectivity index (χ1v) is 6.21. The second-order valence-electron chi connectivity index (χ2n) is 5.14. The number of benzene rings is 2. The van der Waals surface area contributed by atoms with Gasteiger partial charge in [0.15, 0.2) is 0 Å². The molecule has 0 bridgehead atoms. The van der Waals surface area contributed by atoms with Gasteiger partial charge in [-0.15, -0.1) is 0 Å². The Balaban J connectivity index is 1.88. The Bertz CT molecular complexity index is 581. The second-order valence-corrected chi connectivity index (χ2v) is 5.14. The van der Waals surface area contributed by atoms with Gasteiger partial charge in [0.05, 0.1) is 0 Å². The lowest BCUT2D eigenvalue weighted by Crippen LogP contribution is -2.27. The summed E-state index contributed by atoms with van der Waals surface area (Å²) in [6.45, 7) is 2.25. The molecule has 0 aliphatic heterocycles. The minimum Gasteiger partial charge on any atom is -0.207 e. The topological polar surface area (TPSA) is 0 Å². The highest BCUT2D eigenvalue weighted by Crippen LogP contribution is 2.45. The van der Waals surface area contributed by atoms with Crippen molar-refractivity contribution in [2.45, 2.75) is 18.8 Å². The fourth-order valence-corrected chi connectivity index (χ4v) is 2.60. The molecule has 0 spiro atoms. The molecule has 0 N–H and O–H groups in total. The normalized spacial score (nSPS) is 22.2. The molecule has 0 saturated heterocycles. The number of hydrogen-bond acceptors (Lipinski definition) is 0. The van der Waals surface area contributed by atoms with Crippen LogP contribution in [-0.4, -0.2) is 0 Å². The molecule has 0 nitrogen and oxygen atoms in total. The molecule has 0 heterocycles. The number of halogens is 1. The fourth-order valence-electron chi connectivity index (χ4n) is 2.60. The highest BCUT2D eigenvalue weighted by atomic mass is 19.1. The Hall–Kier alpha value is -1.89. The molecule has 0 aromatic heterocycles. The molecule has 18 heavy (non-hydrogen) atoms. The molecule has 1 heteroatoms. The minimum absolute atomic E-state index is 0.130. The van der Waals surface area contributed by atoms with Crippen LogP contribution in [0.2, 0.25) is 0 Å². The summed E-state index contributed by atoms with van der Waals surface area (Å²) in [6, 6.07) is 17.3. The molecule has 0 amide bonds. The molecule has 1 aliphatic rings. The van der Waals surface area contributed by atoms with Crippen LogP contribution >= 0.6 is 0 Å². The van der Waals surface area contributed by atoms with E-state index in [9.17, 15) is 4.39 Å². The molecule has 1 atom stereocenters. The first-order valence-electron chi connectivity index (χ1n) is 6.21. The molecule has 0 saturated carbocycles. The zero-order valence-electron chi connectivity index (χ0n) is 10.4. The van der Waals surface area contributed by atoms with Crippen molar-refractivity contribution >= 4 is 5.57 Å². The average molecular weight is 238 g/mol. The predicted molar refractivity (Wildman–Crippen MR) is 72.8 cm³/mol. The third-order valence-corrected chi connectivity index (χ3v) is 3.70. The van der Waals surface area contributed by atoms with Gasteiger partial charge in [0.25, 0.3) is 0 Å². The van der Waals surface area contributed by atoms with Gasteiger partial charge in [-0.2, -0.15) is 0 Å². The van der Waals surface area contributed by atoms with Crippen LogP contribution in [0.3, 0.4) is 0 Å². The lowest BCUT2D eigenvalue weighted by molar-refractivity contribution is 0.570. The van der Waals surface area contributed by atoms with E-state index >= 15 is 0 Å². The van der Waals surface area contributed by atoms with Crippen molar-refractivity contribution in [1.82, 2.24) is 0 Å². The molecule has 2 aromatic rings. The number of rotatable bonds is 2. The van der Waals surface area contributed by atoms with Crippen molar-refractivity contribution < 1.29 is 4.39 Å². The lowest BCUT2D eigenvalue weighted by Gasteiger charge is -2.37. The summed E-state index contributed by atoms with van der Waals surface area (Å²) in [5.41, 5.74) is 3.91. The van der Waals surface area contributed by atoms with E-state index in [4.69, 9.17) is 0 Å². The van der Waals surface area contributed by atoms with Gasteiger partial charge in [0, 0.05) is 5.41 Å². The van der Waals surface area contributed by atoms with E-state index in [1.54, 1.807) is 0 Å². The van der Waals surface area contributed by atoms with Gasteiger partial charge < -0.3 is 0 Å². The Kier molecular flexibility index (Phi) is 2.55. The number of allylic oxidation sites excluding steroid dienone is 2. The quantitative estimate of drug-likeness (QED) is 0.719. The molecule has 0 fully saturated rings. The zero-order valence-corrected chi connectivity index (χ0v) is 10.4. The van der Waals surface area contributed by atoms with Gasteiger partial charge in [0.2, 0.25) is 0 Å². The first-order chi connectivity index (χ1) is 8.67. The van der Waals surface area contributed by atoms with E-state index in [-0.39, 0.29) is 11.2 Å². The third-order valence-electron chi connectivity index (χ3n) is 3.70. The Morgan fingerprint density at radius 1 is 0.944 bits per heavy atom. The van der Waals surface area contributed by atoms with Crippen molar-refractivity contribution in [2.24, 2.45) is 0 Å². The van der Waals surface area contributed by atoms with E-state index in [0.717, 1.165) is 12.0 Å². The molecule has 90 valence electrons. The second kappa shape index (κ2) is 4.09. The first kappa shape index (κ1) is 11.2. The van der Waals surface area contributed by atoms with Gasteiger partial charge in [-0.25, -0.2) is 4.39 Å². The SMILES string of the molecule is CC1(c2ccccc2)C=C(c2ccc(F)cc2)C1. The third kappa shape index (κ3) is 1.86. The van der Waals surface area contributed by atoms with Gasteiger partial charge >= 0.3 is 0 Å². The van der Waals surface area contributed by atoms with Crippen molar-refractivity contribution in [2.75, 3.05) is 0 Å². The summed E-state index contributed by atoms with van der Waals surface area (Å²) >= 11 is 0. The summed E-state index contributed by atoms with van der Waals surface area (Å²) in [6.07, 6.45) is 3.30. The van der Waals surface area contributed by atoms with Crippen LogP contribution in [0.25, 0.3) is 5.57 Å². The largest absolute Gasteiger partial charge is 0.207 e. The van der Waals surface area contributed by atoms with E-state index in [0.29, 0.717) is 0 Å². The fraction of sp³-hybridized carbons (Fsp3) is 0.176. The van der Waals surface area contributed by atoms with Gasteiger partial charge in [-0.1, -0.05) is 55.5 Å². The Morgan fingerprint density at radius 3 is 2.17 bits per heavy atom. The Morgan fingerprint density at radius 2 is 1.56 bits per heavy atom. The Labute approximate surface area is 107 Å². The lowest BCUT2D eigenvalue weighted by atomic mass is 9.66. The van der Waals surface area contributed by atoms with Crippen LogP contribution in [0.5, 0.6) is 0 Å². The van der Waals surface area contributed by atoms with E-state index in [1.807, 2.05) is 18.2 Å². The molecular formula is C17H15F. The van der Waals surface area contributed by atoms with Crippen molar-refractivity contribution in [1.29, 1.82) is 0 Å². The van der Waals surface area contributed by atoms with Gasteiger partial charge in [-0.05, 0) is 35.3 Å². The van der Waals surface area contributed by atoms with Crippen LogP contribution < -0.4 is 0 Å².